The van der Waals surface area contributed by atoms with E-state index in [4.69, 9.17) is 9.47 Å². The fourth-order valence-electron chi connectivity index (χ4n) is 2.77. The van der Waals surface area contributed by atoms with Crippen molar-refractivity contribution in [3.05, 3.63) is 71.3 Å². The molecule has 2 aromatic rings. The van der Waals surface area contributed by atoms with Crippen molar-refractivity contribution in [2.75, 3.05) is 13.2 Å². The number of hydrogen-bond acceptors (Lipinski definition) is 2. The molecule has 5 heteroatoms. The van der Waals surface area contributed by atoms with Crippen molar-refractivity contribution in [2.45, 2.75) is 24.8 Å². The van der Waals surface area contributed by atoms with Gasteiger partial charge in [0.2, 0.25) is 0 Å². The van der Waals surface area contributed by atoms with Crippen LogP contribution in [0.5, 0.6) is 0 Å². The van der Waals surface area contributed by atoms with Crippen molar-refractivity contribution >= 4 is 0 Å². The zero-order valence-corrected chi connectivity index (χ0v) is 12.5. The summed E-state index contributed by atoms with van der Waals surface area (Å²) in [5, 5.41) is 0. The van der Waals surface area contributed by atoms with Gasteiger partial charge in [-0.05, 0) is 24.1 Å². The number of ether oxygens (including phenoxy) is 2. The number of aryl methyl sites for hydroxylation is 1. The van der Waals surface area contributed by atoms with Crippen molar-refractivity contribution in [3.63, 3.8) is 0 Å². The van der Waals surface area contributed by atoms with Crippen LogP contribution in [0.2, 0.25) is 0 Å². The maximum absolute atomic E-state index is 12.6. The first-order valence-corrected chi connectivity index (χ1v) is 7.49. The van der Waals surface area contributed by atoms with Gasteiger partial charge in [-0.1, -0.05) is 42.5 Å². The fraction of sp³-hybridized carbons (Fsp3) is 0.333. The third kappa shape index (κ3) is 3.57. The molecule has 1 fully saturated rings. The zero-order chi connectivity index (χ0) is 16.3. The molecule has 3 rings (SSSR count). The van der Waals surface area contributed by atoms with E-state index < -0.39 is 17.5 Å². The topological polar surface area (TPSA) is 18.5 Å². The Hall–Kier alpha value is -1.85. The minimum Gasteiger partial charge on any atom is -0.343 e. The molecule has 0 bridgehead atoms. The van der Waals surface area contributed by atoms with Gasteiger partial charge in [0.05, 0.1) is 18.8 Å². The lowest BCUT2D eigenvalue weighted by Gasteiger charge is -2.28. The van der Waals surface area contributed by atoms with Gasteiger partial charge in [-0.25, -0.2) is 0 Å². The highest BCUT2D eigenvalue weighted by atomic mass is 19.4. The van der Waals surface area contributed by atoms with Crippen LogP contribution in [0, 0.1) is 0 Å². The molecule has 2 nitrogen and oxygen atoms in total. The Morgan fingerprint density at radius 3 is 2.04 bits per heavy atom. The predicted octanol–water partition coefficient (Wildman–Crippen LogP) is 4.54. The van der Waals surface area contributed by atoms with E-state index in [9.17, 15) is 13.2 Å². The molecule has 0 N–H and O–H groups in total. The van der Waals surface area contributed by atoms with E-state index in [1.54, 1.807) is 0 Å². The van der Waals surface area contributed by atoms with Gasteiger partial charge >= 0.3 is 6.18 Å². The second-order valence-electron chi connectivity index (χ2n) is 5.51. The normalized spacial score (nSPS) is 17.3. The van der Waals surface area contributed by atoms with E-state index in [0.29, 0.717) is 26.1 Å². The molecule has 0 atom stereocenters. The summed E-state index contributed by atoms with van der Waals surface area (Å²) in [4.78, 5) is 0. The van der Waals surface area contributed by atoms with Crippen molar-refractivity contribution in [1.29, 1.82) is 0 Å². The van der Waals surface area contributed by atoms with Crippen LogP contribution in [0.4, 0.5) is 13.2 Å². The summed E-state index contributed by atoms with van der Waals surface area (Å²) < 4.78 is 49.4. The average Bonchev–Trinajstić information content (AvgIpc) is 3.04. The van der Waals surface area contributed by atoms with Crippen LogP contribution in [0.3, 0.4) is 0 Å². The van der Waals surface area contributed by atoms with E-state index in [0.717, 1.165) is 23.3 Å². The van der Waals surface area contributed by atoms with Gasteiger partial charge in [0.15, 0.2) is 5.79 Å². The molecule has 0 aromatic heterocycles. The summed E-state index contributed by atoms with van der Waals surface area (Å²) >= 11 is 0. The number of alkyl halides is 3. The Morgan fingerprint density at radius 2 is 1.48 bits per heavy atom. The summed E-state index contributed by atoms with van der Waals surface area (Å²) in [6.07, 6.45) is -3.17. The van der Waals surface area contributed by atoms with Crippen molar-refractivity contribution in [3.8, 4) is 0 Å². The summed E-state index contributed by atoms with van der Waals surface area (Å²) in [6.45, 7) is 1.03. The molecular formula is C18H17F3O2. The Bertz CT molecular complexity index is 630. The van der Waals surface area contributed by atoms with Crippen LogP contribution in [0.1, 0.15) is 23.1 Å². The van der Waals surface area contributed by atoms with E-state index in [2.05, 4.69) is 0 Å². The van der Waals surface area contributed by atoms with Gasteiger partial charge in [-0.3, -0.25) is 0 Å². The molecule has 1 saturated heterocycles. The number of rotatable bonds is 4. The highest BCUT2D eigenvalue weighted by Gasteiger charge is 2.38. The van der Waals surface area contributed by atoms with Crippen LogP contribution in [0.25, 0.3) is 0 Å². The lowest BCUT2D eigenvalue weighted by molar-refractivity contribution is -0.170. The van der Waals surface area contributed by atoms with Crippen LogP contribution < -0.4 is 0 Å². The summed E-state index contributed by atoms with van der Waals surface area (Å²) in [6, 6.07) is 14.9. The van der Waals surface area contributed by atoms with Crippen LogP contribution in [0.15, 0.2) is 54.6 Å². The van der Waals surface area contributed by atoms with E-state index >= 15 is 0 Å². The first-order chi connectivity index (χ1) is 11.0. The minimum absolute atomic E-state index is 0.516. The summed E-state index contributed by atoms with van der Waals surface area (Å²) in [5.41, 5.74) is 1.13. The summed E-state index contributed by atoms with van der Waals surface area (Å²) in [5.74, 6) is -0.802. The average molecular weight is 322 g/mol. The first-order valence-electron chi connectivity index (χ1n) is 7.49. The highest BCUT2D eigenvalue weighted by Crippen LogP contribution is 2.36. The molecule has 1 aliphatic heterocycles. The molecule has 1 heterocycles. The van der Waals surface area contributed by atoms with Crippen LogP contribution in [-0.2, 0) is 27.9 Å². The summed E-state index contributed by atoms with van der Waals surface area (Å²) in [7, 11) is 0. The van der Waals surface area contributed by atoms with Gasteiger partial charge < -0.3 is 9.47 Å². The quantitative estimate of drug-likeness (QED) is 0.823. The van der Waals surface area contributed by atoms with Crippen molar-refractivity contribution in [2.24, 2.45) is 0 Å². The lowest BCUT2D eigenvalue weighted by atomic mass is 9.97. The second-order valence-corrected chi connectivity index (χ2v) is 5.51. The molecule has 0 unspecified atom stereocenters. The molecule has 23 heavy (non-hydrogen) atoms. The number of hydrogen-bond donors (Lipinski definition) is 0. The fourth-order valence-corrected chi connectivity index (χ4v) is 2.77. The van der Waals surface area contributed by atoms with Crippen molar-refractivity contribution < 1.29 is 22.6 Å². The maximum atomic E-state index is 12.6. The maximum Gasteiger partial charge on any atom is 0.416 e. The molecular weight excluding hydrogens is 305 g/mol. The molecule has 0 spiro atoms. The second kappa shape index (κ2) is 6.34. The molecule has 0 amide bonds. The van der Waals surface area contributed by atoms with Gasteiger partial charge in [-0.15, -0.1) is 0 Å². The largest absolute Gasteiger partial charge is 0.416 e. The molecule has 0 radical (unpaired) electrons. The third-order valence-electron chi connectivity index (χ3n) is 3.99. The van der Waals surface area contributed by atoms with Gasteiger partial charge in [-0.2, -0.15) is 13.2 Å². The molecule has 2 aromatic carbocycles. The number of benzene rings is 2. The molecule has 122 valence electrons. The minimum atomic E-state index is -4.30. The first kappa shape index (κ1) is 16.0. The number of halogens is 3. The van der Waals surface area contributed by atoms with Gasteiger partial charge in [0, 0.05) is 12.0 Å². The van der Waals surface area contributed by atoms with Crippen LogP contribution in [-0.4, -0.2) is 13.2 Å². The lowest BCUT2D eigenvalue weighted by Crippen LogP contribution is -2.27. The van der Waals surface area contributed by atoms with Crippen molar-refractivity contribution in [1.82, 2.24) is 0 Å². The highest BCUT2D eigenvalue weighted by molar-refractivity contribution is 5.26. The third-order valence-corrected chi connectivity index (χ3v) is 3.99. The van der Waals surface area contributed by atoms with Gasteiger partial charge in [0.25, 0.3) is 0 Å². The monoisotopic (exact) mass is 322 g/mol. The zero-order valence-electron chi connectivity index (χ0n) is 12.5. The molecule has 1 aliphatic rings. The predicted molar refractivity (Wildman–Crippen MR) is 79.8 cm³/mol. The Morgan fingerprint density at radius 1 is 0.870 bits per heavy atom. The molecule has 0 aliphatic carbocycles. The van der Waals surface area contributed by atoms with E-state index in [1.165, 1.54) is 12.1 Å². The Balaban J connectivity index is 1.73. The van der Waals surface area contributed by atoms with Crippen LogP contribution >= 0.6 is 0 Å². The Kier molecular flexibility index (Phi) is 4.41. The van der Waals surface area contributed by atoms with E-state index in [1.807, 2.05) is 30.3 Å². The smallest absolute Gasteiger partial charge is 0.343 e. The Labute approximate surface area is 132 Å². The standard InChI is InChI=1S/C18H17F3O2/c19-18(20,21)16-8-6-14(7-9-16)10-11-17(22-12-13-23-17)15-4-2-1-3-5-15/h1-9H,10-13H2. The molecule has 0 saturated carbocycles. The van der Waals surface area contributed by atoms with E-state index in [-0.39, 0.29) is 0 Å². The SMILES string of the molecule is FC(F)(F)c1ccc(CCC2(c3ccccc3)OCCO2)cc1. The van der Waals surface area contributed by atoms with Gasteiger partial charge in [0.1, 0.15) is 0 Å².